The van der Waals surface area contributed by atoms with E-state index >= 15 is 0 Å². The van der Waals surface area contributed by atoms with Crippen molar-refractivity contribution in [3.05, 3.63) is 80.1 Å². The van der Waals surface area contributed by atoms with E-state index in [0.29, 0.717) is 22.0 Å². The minimum atomic E-state index is -0.493. The molecule has 1 atom stereocenters. The van der Waals surface area contributed by atoms with Crippen molar-refractivity contribution < 1.29 is 9.59 Å². The molecule has 5 rings (SSSR count). The molecular formula is C34H38BrN3O2S. The Labute approximate surface area is 255 Å². The van der Waals surface area contributed by atoms with E-state index in [-0.39, 0.29) is 16.7 Å². The Kier molecular flexibility index (Phi) is 7.90. The first-order valence-corrected chi connectivity index (χ1v) is 15.9. The quantitative estimate of drug-likeness (QED) is 0.223. The molecule has 7 heteroatoms. The number of carbonyl (C=O) groups excluding carboxylic acids is 2. The molecule has 0 fully saturated rings. The summed E-state index contributed by atoms with van der Waals surface area (Å²) in [6, 6.07) is 15.9. The summed E-state index contributed by atoms with van der Waals surface area (Å²) in [5.41, 5.74) is 11.7. The van der Waals surface area contributed by atoms with E-state index in [9.17, 15) is 9.59 Å². The average molecular weight is 633 g/mol. The standard InChI is InChI=1S/C34H38BrN3O2S/c1-7-34(5,6)21-12-14-23-28(16-21)41-32(29(23)30(36)39)38-31(40)25-18-27(37-26-15-13-22(35)17-24(25)26)19-8-10-20(11-9-19)33(2,3)4/h8-11,13,15,17-18,21H,7,12,14,16H2,1-6H3,(H2,36,39)(H,38,40). The van der Waals surface area contributed by atoms with Crippen LogP contribution in [0.1, 0.15) is 91.1 Å². The highest BCUT2D eigenvalue weighted by Gasteiger charge is 2.35. The highest BCUT2D eigenvalue weighted by atomic mass is 79.9. The van der Waals surface area contributed by atoms with E-state index in [1.807, 2.05) is 24.3 Å². The van der Waals surface area contributed by atoms with Crippen LogP contribution in [-0.2, 0) is 18.3 Å². The van der Waals surface area contributed by atoms with Crippen LogP contribution in [0.5, 0.6) is 0 Å². The second-order valence-electron chi connectivity index (χ2n) is 12.9. The van der Waals surface area contributed by atoms with Crippen LogP contribution in [0.2, 0.25) is 0 Å². The third kappa shape index (κ3) is 5.84. The van der Waals surface area contributed by atoms with E-state index in [1.165, 1.54) is 16.9 Å². The van der Waals surface area contributed by atoms with Gasteiger partial charge in [-0.15, -0.1) is 11.3 Å². The zero-order valence-electron chi connectivity index (χ0n) is 24.7. The van der Waals surface area contributed by atoms with E-state index in [1.54, 1.807) is 0 Å². The summed E-state index contributed by atoms with van der Waals surface area (Å²) < 4.78 is 0.858. The SMILES string of the molecule is CCC(C)(C)C1CCc2c(sc(NC(=O)c3cc(-c4ccc(C(C)(C)C)cc4)nc4ccc(Br)cc34)c2C(N)=O)C1. The number of hydrogen-bond donors (Lipinski definition) is 2. The Hall–Kier alpha value is -3.03. The van der Waals surface area contributed by atoms with Crippen molar-refractivity contribution in [1.82, 2.24) is 4.98 Å². The summed E-state index contributed by atoms with van der Waals surface area (Å²) in [5, 5.41) is 4.36. The van der Waals surface area contributed by atoms with Crippen molar-refractivity contribution in [3.8, 4) is 11.3 Å². The first-order chi connectivity index (χ1) is 19.3. The number of carbonyl (C=O) groups is 2. The normalized spacial score (nSPS) is 15.5. The van der Waals surface area contributed by atoms with Crippen molar-refractivity contribution in [2.24, 2.45) is 17.1 Å². The first-order valence-electron chi connectivity index (χ1n) is 14.3. The van der Waals surface area contributed by atoms with Gasteiger partial charge in [-0.25, -0.2) is 4.98 Å². The lowest BCUT2D eigenvalue weighted by Gasteiger charge is -2.36. The highest BCUT2D eigenvalue weighted by Crippen LogP contribution is 2.45. The number of thiophene rings is 1. The predicted molar refractivity (Wildman–Crippen MR) is 174 cm³/mol. The monoisotopic (exact) mass is 631 g/mol. The predicted octanol–water partition coefficient (Wildman–Crippen LogP) is 8.92. The van der Waals surface area contributed by atoms with Crippen LogP contribution in [0.4, 0.5) is 5.00 Å². The molecule has 0 aliphatic heterocycles. The highest BCUT2D eigenvalue weighted by molar-refractivity contribution is 9.10. The Balaban J connectivity index is 1.55. The Morgan fingerprint density at radius 1 is 1.07 bits per heavy atom. The average Bonchev–Trinajstić information content (AvgIpc) is 3.29. The van der Waals surface area contributed by atoms with Crippen LogP contribution < -0.4 is 11.1 Å². The van der Waals surface area contributed by atoms with Gasteiger partial charge in [-0.05, 0) is 71.4 Å². The van der Waals surface area contributed by atoms with Gasteiger partial charge in [-0.3, -0.25) is 9.59 Å². The molecule has 2 aromatic heterocycles. The molecule has 1 aliphatic rings. The second kappa shape index (κ2) is 11.0. The Morgan fingerprint density at radius 2 is 1.78 bits per heavy atom. The van der Waals surface area contributed by atoms with Gasteiger partial charge in [0.05, 0.1) is 22.3 Å². The summed E-state index contributed by atoms with van der Waals surface area (Å²) in [4.78, 5) is 32.7. The molecule has 0 bridgehead atoms. The van der Waals surface area contributed by atoms with Gasteiger partial charge in [0.1, 0.15) is 5.00 Å². The molecule has 0 saturated carbocycles. The molecule has 1 unspecified atom stereocenters. The van der Waals surface area contributed by atoms with E-state index < -0.39 is 5.91 Å². The van der Waals surface area contributed by atoms with Gasteiger partial charge in [0.25, 0.3) is 11.8 Å². The third-order valence-corrected chi connectivity index (χ3v) is 10.5. The minimum absolute atomic E-state index is 0.0387. The van der Waals surface area contributed by atoms with Gasteiger partial charge in [0.2, 0.25) is 0 Å². The fourth-order valence-electron chi connectivity index (χ4n) is 5.74. The smallest absolute Gasteiger partial charge is 0.257 e. The molecule has 214 valence electrons. The first kappa shape index (κ1) is 29.5. The molecule has 2 heterocycles. The molecule has 0 radical (unpaired) electrons. The topological polar surface area (TPSA) is 85.1 Å². The third-order valence-electron chi connectivity index (χ3n) is 8.82. The maximum Gasteiger partial charge on any atom is 0.257 e. The number of primary amides is 1. The molecule has 2 aromatic carbocycles. The number of halogens is 1. The fourth-order valence-corrected chi connectivity index (χ4v) is 7.42. The van der Waals surface area contributed by atoms with Gasteiger partial charge in [0.15, 0.2) is 0 Å². The maximum atomic E-state index is 14.0. The summed E-state index contributed by atoms with van der Waals surface area (Å²) in [7, 11) is 0. The lowest BCUT2D eigenvalue weighted by molar-refractivity contribution is 0.0999. The maximum absolute atomic E-state index is 14.0. The van der Waals surface area contributed by atoms with Crippen LogP contribution in [0, 0.1) is 11.3 Å². The number of pyridine rings is 1. The molecule has 0 saturated heterocycles. The lowest BCUT2D eigenvalue weighted by atomic mass is 9.69. The minimum Gasteiger partial charge on any atom is -0.365 e. The number of amides is 2. The molecular weight excluding hydrogens is 594 g/mol. The number of fused-ring (bicyclic) bond motifs is 2. The number of hydrogen-bond acceptors (Lipinski definition) is 4. The van der Waals surface area contributed by atoms with Gasteiger partial charge in [0, 0.05) is 20.3 Å². The Bertz CT molecular complexity index is 1650. The van der Waals surface area contributed by atoms with Crippen molar-refractivity contribution in [2.75, 3.05) is 5.32 Å². The van der Waals surface area contributed by atoms with Gasteiger partial charge < -0.3 is 11.1 Å². The summed E-state index contributed by atoms with van der Waals surface area (Å²) >= 11 is 5.05. The number of anilines is 1. The fraction of sp³-hybridized carbons (Fsp3) is 0.382. The van der Waals surface area contributed by atoms with Crippen LogP contribution in [0.15, 0.2) is 53.0 Å². The summed E-state index contributed by atoms with van der Waals surface area (Å²) in [5.74, 6) is -0.251. The zero-order chi connectivity index (χ0) is 29.7. The van der Waals surface area contributed by atoms with E-state index in [0.717, 1.165) is 62.8 Å². The lowest BCUT2D eigenvalue weighted by Crippen LogP contribution is -2.29. The largest absolute Gasteiger partial charge is 0.365 e. The molecule has 1 aliphatic carbocycles. The van der Waals surface area contributed by atoms with Crippen LogP contribution >= 0.6 is 27.3 Å². The molecule has 41 heavy (non-hydrogen) atoms. The van der Waals surface area contributed by atoms with Gasteiger partial charge in [-0.1, -0.05) is 88.2 Å². The zero-order valence-corrected chi connectivity index (χ0v) is 27.1. The van der Waals surface area contributed by atoms with Crippen LogP contribution in [-0.4, -0.2) is 16.8 Å². The van der Waals surface area contributed by atoms with Crippen LogP contribution in [0.25, 0.3) is 22.2 Å². The molecule has 5 nitrogen and oxygen atoms in total. The second-order valence-corrected chi connectivity index (χ2v) is 14.9. The number of benzene rings is 2. The van der Waals surface area contributed by atoms with E-state index in [4.69, 9.17) is 10.7 Å². The van der Waals surface area contributed by atoms with Gasteiger partial charge >= 0.3 is 0 Å². The van der Waals surface area contributed by atoms with Crippen molar-refractivity contribution >= 4 is 55.0 Å². The van der Waals surface area contributed by atoms with Crippen molar-refractivity contribution in [1.29, 1.82) is 0 Å². The molecule has 4 aromatic rings. The van der Waals surface area contributed by atoms with E-state index in [2.05, 4.69) is 87.1 Å². The molecule has 0 spiro atoms. The number of nitrogens with zero attached hydrogens (tertiary/aromatic N) is 1. The molecule has 2 amide bonds. The summed E-state index contributed by atoms with van der Waals surface area (Å²) in [6.45, 7) is 13.4. The van der Waals surface area contributed by atoms with Crippen molar-refractivity contribution in [2.45, 2.75) is 72.6 Å². The van der Waals surface area contributed by atoms with Crippen LogP contribution in [0.3, 0.4) is 0 Å². The van der Waals surface area contributed by atoms with Gasteiger partial charge in [-0.2, -0.15) is 0 Å². The number of nitrogens with two attached hydrogens (primary N) is 1. The van der Waals surface area contributed by atoms with Crippen molar-refractivity contribution in [3.63, 3.8) is 0 Å². The summed E-state index contributed by atoms with van der Waals surface area (Å²) in [6.07, 6.45) is 3.81. The number of rotatable bonds is 6. The molecule has 3 N–H and O–H groups in total. The Morgan fingerprint density at radius 3 is 2.41 bits per heavy atom. The number of aromatic nitrogens is 1. The number of nitrogens with one attached hydrogen (secondary N) is 1.